The summed E-state index contributed by atoms with van der Waals surface area (Å²) in [6.07, 6.45) is 1.90. The average Bonchev–Trinajstić information content (AvgIpc) is 2.38. The van der Waals surface area contributed by atoms with Crippen LogP contribution in [0.15, 0.2) is 0 Å². The highest BCUT2D eigenvalue weighted by Crippen LogP contribution is 2.15. The Balaban J connectivity index is 2.11. The number of piperidine rings is 1. The molecule has 2 unspecified atom stereocenters. The summed E-state index contributed by atoms with van der Waals surface area (Å²) in [7, 11) is 1.65. The van der Waals surface area contributed by atoms with Gasteiger partial charge in [0, 0.05) is 13.7 Å². The Morgan fingerprint density at radius 1 is 1.33 bits per heavy atom. The van der Waals surface area contributed by atoms with Gasteiger partial charge in [-0.05, 0) is 45.3 Å². The van der Waals surface area contributed by atoms with Crippen molar-refractivity contribution in [1.29, 1.82) is 0 Å². The molecule has 1 saturated heterocycles. The number of likely N-dealkylation sites (tertiary alicyclic amines) is 1. The van der Waals surface area contributed by atoms with Crippen LogP contribution in [0.3, 0.4) is 0 Å². The second-order valence-corrected chi connectivity index (χ2v) is 5.23. The molecule has 0 aliphatic carbocycles. The number of hydrogen-bond acceptors (Lipinski definition) is 5. The van der Waals surface area contributed by atoms with Crippen LogP contribution in [0.4, 0.5) is 0 Å². The highest BCUT2D eigenvalue weighted by Gasteiger charge is 2.20. The van der Waals surface area contributed by atoms with Crippen molar-refractivity contribution >= 4 is 0 Å². The fourth-order valence-electron chi connectivity index (χ4n) is 2.31. The van der Waals surface area contributed by atoms with E-state index in [2.05, 4.69) is 4.90 Å². The smallest absolute Gasteiger partial charge is 0.0900 e. The maximum atomic E-state index is 9.91. The summed E-state index contributed by atoms with van der Waals surface area (Å²) in [6, 6.07) is 0. The summed E-state index contributed by atoms with van der Waals surface area (Å²) in [6.45, 7) is 6.43. The molecule has 18 heavy (non-hydrogen) atoms. The lowest BCUT2D eigenvalue weighted by molar-refractivity contribution is -0.0416. The van der Waals surface area contributed by atoms with Crippen molar-refractivity contribution < 1.29 is 14.6 Å². The molecule has 0 aromatic rings. The van der Waals surface area contributed by atoms with Crippen LogP contribution >= 0.6 is 0 Å². The third-order valence-electron chi connectivity index (χ3n) is 3.48. The van der Waals surface area contributed by atoms with E-state index in [1.54, 1.807) is 7.11 Å². The lowest BCUT2D eigenvalue weighted by atomic mass is 9.97. The maximum absolute atomic E-state index is 9.91. The zero-order chi connectivity index (χ0) is 13.4. The van der Waals surface area contributed by atoms with Crippen molar-refractivity contribution in [3.63, 3.8) is 0 Å². The Hall–Kier alpha value is -0.200. The van der Waals surface area contributed by atoms with E-state index in [1.807, 2.05) is 6.92 Å². The van der Waals surface area contributed by atoms with Gasteiger partial charge in [0.2, 0.25) is 0 Å². The topological polar surface area (TPSA) is 68.0 Å². The Labute approximate surface area is 110 Å². The van der Waals surface area contributed by atoms with Crippen LogP contribution in [0.25, 0.3) is 0 Å². The van der Waals surface area contributed by atoms with Crippen LogP contribution in [-0.4, -0.2) is 68.7 Å². The van der Waals surface area contributed by atoms with E-state index in [1.165, 1.54) is 0 Å². The number of hydrogen-bond donors (Lipinski definition) is 2. The molecule has 1 rings (SSSR count). The molecule has 0 saturated carbocycles. The van der Waals surface area contributed by atoms with Gasteiger partial charge in [0.15, 0.2) is 0 Å². The Bertz CT molecular complexity index is 208. The molecule has 0 spiro atoms. The van der Waals surface area contributed by atoms with Crippen molar-refractivity contribution in [2.45, 2.75) is 32.0 Å². The molecule has 0 bridgehead atoms. The number of nitrogens with zero attached hydrogens (tertiary/aromatic N) is 1. The van der Waals surface area contributed by atoms with E-state index < -0.39 is 6.10 Å². The molecule has 1 aliphatic rings. The van der Waals surface area contributed by atoms with Crippen LogP contribution in [0.5, 0.6) is 0 Å². The average molecular weight is 260 g/mol. The SMILES string of the molecule is COCC(C)OCC(O)CN1CCC(CN)CC1. The zero-order valence-corrected chi connectivity index (χ0v) is 11.7. The number of methoxy groups -OCH3 is 1. The van der Waals surface area contributed by atoms with Crippen molar-refractivity contribution in [2.75, 3.05) is 46.5 Å². The van der Waals surface area contributed by atoms with E-state index in [0.29, 0.717) is 25.7 Å². The molecule has 0 amide bonds. The predicted molar refractivity (Wildman–Crippen MR) is 71.5 cm³/mol. The lowest BCUT2D eigenvalue weighted by Gasteiger charge is -2.32. The highest BCUT2D eigenvalue weighted by molar-refractivity contribution is 4.74. The molecule has 2 atom stereocenters. The van der Waals surface area contributed by atoms with E-state index >= 15 is 0 Å². The van der Waals surface area contributed by atoms with Crippen LogP contribution < -0.4 is 5.73 Å². The molecule has 3 N–H and O–H groups in total. The summed E-state index contributed by atoms with van der Waals surface area (Å²) in [5.41, 5.74) is 5.66. The normalized spacial score (nSPS) is 22.0. The van der Waals surface area contributed by atoms with Crippen LogP contribution in [0.2, 0.25) is 0 Å². The fourth-order valence-corrected chi connectivity index (χ4v) is 2.31. The van der Waals surface area contributed by atoms with Gasteiger partial charge in [-0.15, -0.1) is 0 Å². The molecular weight excluding hydrogens is 232 g/mol. The molecule has 5 nitrogen and oxygen atoms in total. The highest BCUT2D eigenvalue weighted by atomic mass is 16.5. The van der Waals surface area contributed by atoms with Crippen molar-refractivity contribution in [2.24, 2.45) is 11.7 Å². The van der Waals surface area contributed by atoms with Gasteiger partial charge in [-0.2, -0.15) is 0 Å². The number of nitrogens with two attached hydrogens (primary N) is 1. The number of β-amino-alcohol motifs (C(OH)–C–C–N with tert-alkyl or cyclic N) is 1. The number of aliphatic hydroxyl groups is 1. The molecule has 0 aromatic heterocycles. The van der Waals surface area contributed by atoms with E-state index in [4.69, 9.17) is 15.2 Å². The first kappa shape index (κ1) is 15.9. The van der Waals surface area contributed by atoms with E-state index in [-0.39, 0.29) is 6.10 Å². The summed E-state index contributed by atoms with van der Waals surface area (Å²) >= 11 is 0. The first-order valence-electron chi connectivity index (χ1n) is 6.86. The summed E-state index contributed by atoms with van der Waals surface area (Å²) < 4.78 is 10.5. The molecular formula is C13H28N2O3. The minimum atomic E-state index is -0.418. The standard InChI is InChI=1S/C13H28N2O3/c1-11(9-17-2)18-10-13(16)8-15-5-3-12(7-14)4-6-15/h11-13,16H,3-10,14H2,1-2H3. The number of aliphatic hydroxyl groups excluding tert-OH is 1. The second-order valence-electron chi connectivity index (χ2n) is 5.23. The Morgan fingerprint density at radius 2 is 2.00 bits per heavy atom. The number of ether oxygens (including phenoxy) is 2. The largest absolute Gasteiger partial charge is 0.389 e. The predicted octanol–water partition coefficient (Wildman–Crippen LogP) is 0.0695. The maximum Gasteiger partial charge on any atom is 0.0900 e. The first-order valence-corrected chi connectivity index (χ1v) is 6.86. The van der Waals surface area contributed by atoms with Crippen LogP contribution in [-0.2, 0) is 9.47 Å². The van der Waals surface area contributed by atoms with Crippen molar-refractivity contribution in [1.82, 2.24) is 4.90 Å². The number of rotatable bonds is 8. The van der Waals surface area contributed by atoms with Crippen molar-refractivity contribution in [3.05, 3.63) is 0 Å². The fraction of sp³-hybridized carbons (Fsp3) is 1.00. The van der Waals surface area contributed by atoms with Gasteiger partial charge in [0.1, 0.15) is 0 Å². The van der Waals surface area contributed by atoms with Gasteiger partial charge < -0.3 is 25.2 Å². The van der Waals surface area contributed by atoms with Gasteiger partial charge in [0.05, 0.1) is 25.4 Å². The molecule has 108 valence electrons. The second kappa shape index (κ2) is 8.82. The van der Waals surface area contributed by atoms with Gasteiger partial charge in [-0.25, -0.2) is 0 Å². The lowest BCUT2D eigenvalue weighted by Crippen LogP contribution is -2.41. The van der Waals surface area contributed by atoms with E-state index in [9.17, 15) is 5.11 Å². The van der Waals surface area contributed by atoms with Crippen LogP contribution in [0, 0.1) is 5.92 Å². The molecule has 0 radical (unpaired) electrons. The van der Waals surface area contributed by atoms with E-state index in [0.717, 1.165) is 32.5 Å². The Kier molecular flexibility index (Phi) is 7.77. The summed E-state index contributed by atoms with van der Waals surface area (Å²) in [4.78, 5) is 2.29. The summed E-state index contributed by atoms with van der Waals surface area (Å²) in [5, 5.41) is 9.91. The first-order chi connectivity index (χ1) is 8.65. The van der Waals surface area contributed by atoms with Gasteiger partial charge in [-0.1, -0.05) is 0 Å². The summed E-state index contributed by atoms with van der Waals surface area (Å²) in [5.74, 6) is 0.663. The molecule has 1 fully saturated rings. The van der Waals surface area contributed by atoms with Gasteiger partial charge >= 0.3 is 0 Å². The monoisotopic (exact) mass is 260 g/mol. The zero-order valence-electron chi connectivity index (χ0n) is 11.7. The van der Waals surface area contributed by atoms with Crippen LogP contribution in [0.1, 0.15) is 19.8 Å². The molecule has 1 heterocycles. The van der Waals surface area contributed by atoms with Gasteiger partial charge in [-0.3, -0.25) is 0 Å². The third-order valence-corrected chi connectivity index (χ3v) is 3.48. The molecule has 1 aliphatic heterocycles. The quantitative estimate of drug-likeness (QED) is 0.646. The van der Waals surface area contributed by atoms with Gasteiger partial charge in [0.25, 0.3) is 0 Å². The minimum Gasteiger partial charge on any atom is -0.389 e. The molecule has 5 heteroatoms. The third kappa shape index (κ3) is 6.11. The molecule has 0 aromatic carbocycles. The van der Waals surface area contributed by atoms with Crippen molar-refractivity contribution in [3.8, 4) is 0 Å². The Morgan fingerprint density at radius 3 is 2.56 bits per heavy atom. The minimum absolute atomic E-state index is 0.0348.